The SMILES string of the molecule is CCCCCCC(=O)NCCCCCCCCCCCC(=O)Nc1ccc(O)cc1. The molecule has 0 aliphatic rings. The summed E-state index contributed by atoms with van der Waals surface area (Å²) in [5.74, 6) is 0.449. The summed E-state index contributed by atoms with van der Waals surface area (Å²) >= 11 is 0. The highest BCUT2D eigenvalue weighted by Gasteiger charge is 2.03. The van der Waals surface area contributed by atoms with Gasteiger partial charge in [-0.1, -0.05) is 71.1 Å². The van der Waals surface area contributed by atoms with Crippen molar-refractivity contribution in [3.05, 3.63) is 24.3 Å². The Balaban J connectivity index is 1.82. The third kappa shape index (κ3) is 14.9. The average Bonchev–Trinajstić information content (AvgIpc) is 2.73. The molecule has 3 N–H and O–H groups in total. The minimum absolute atomic E-state index is 0.0359. The molecule has 0 atom stereocenters. The van der Waals surface area contributed by atoms with Crippen LogP contribution in [-0.4, -0.2) is 23.5 Å². The van der Waals surface area contributed by atoms with Gasteiger partial charge in [0.1, 0.15) is 5.75 Å². The van der Waals surface area contributed by atoms with Crippen molar-refractivity contribution < 1.29 is 14.7 Å². The monoisotopic (exact) mass is 418 g/mol. The van der Waals surface area contributed by atoms with Crippen LogP contribution < -0.4 is 10.6 Å². The molecule has 0 aliphatic carbocycles. The maximum Gasteiger partial charge on any atom is 0.224 e. The number of anilines is 1. The molecule has 0 saturated heterocycles. The van der Waals surface area contributed by atoms with Gasteiger partial charge in [-0.05, 0) is 43.5 Å². The predicted octanol–water partition coefficient (Wildman–Crippen LogP) is 6.32. The fourth-order valence-electron chi connectivity index (χ4n) is 3.44. The van der Waals surface area contributed by atoms with Gasteiger partial charge in [0.2, 0.25) is 11.8 Å². The van der Waals surface area contributed by atoms with Crippen molar-refractivity contribution in [2.75, 3.05) is 11.9 Å². The molecule has 0 aromatic heterocycles. The van der Waals surface area contributed by atoms with Crippen LogP contribution in [0.4, 0.5) is 5.69 Å². The second-order valence-corrected chi connectivity index (χ2v) is 8.19. The molecule has 0 unspecified atom stereocenters. The van der Waals surface area contributed by atoms with Crippen LogP contribution in [0.2, 0.25) is 0 Å². The molecule has 0 aliphatic heterocycles. The Morgan fingerprint density at radius 2 is 1.20 bits per heavy atom. The van der Waals surface area contributed by atoms with Crippen molar-refractivity contribution in [1.29, 1.82) is 0 Å². The Labute approximate surface area is 183 Å². The Kier molecular flexibility index (Phi) is 15.4. The third-order valence-corrected chi connectivity index (χ3v) is 5.31. The molecule has 5 nitrogen and oxygen atoms in total. The van der Waals surface area contributed by atoms with Crippen molar-refractivity contribution in [2.45, 2.75) is 103 Å². The van der Waals surface area contributed by atoms with Gasteiger partial charge in [0, 0.05) is 25.1 Å². The number of aromatic hydroxyl groups is 1. The highest BCUT2D eigenvalue weighted by atomic mass is 16.3. The summed E-state index contributed by atoms with van der Waals surface area (Å²) < 4.78 is 0. The van der Waals surface area contributed by atoms with Gasteiger partial charge in [0.25, 0.3) is 0 Å². The standard InChI is InChI=1S/C25H42N2O3/c1-2-3-4-12-15-24(29)26-21-14-11-9-7-5-6-8-10-13-16-25(30)27-22-17-19-23(28)20-18-22/h17-20,28H,2-16,21H2,1H3,(H,26,29)(H,27,30). The largest absolute Gasteiger partial charge is 0.508 e. The molecule has 0 radical (unpaired) electrons. The normalized spacial score (nSPS) is 10.7. The smallest absolute Gasteiger partial charge is 0.224 e. The Morgan fingerprint density at radius 1 is 0.700 bits per heavy atom. The second-order valence-electron chi connectivity index (χ2n) is 8.19. The summed E-state index contributed by atoms with van der Waals surface area (Å²) in [5, 5.41) is 15.1. The molecule has 0 fully saturated rings. The van der Waals surface area contributed by atoms with Crippen molar-refractivity contribution in [1.82, 2.24) is 5.32 Å². The lowest BCUT2D eigenvalue weighted by Gasteiger charge is -2.06. The molecule has 1 rings (SSSR count). The van der Waals surface area contributed by atoms with Crippen LogP contribution in [-0.2, 0) is 9.59 Å². The van der Waals surface area contributed by atoms with E-state index in [0.717, 1.165) is 44.3 Å². The average molecular weight is 419 g/mol. The number of amides is 2. The highest BCUT2D eigenvalue weighted by Crippen LogP contribution is 2.15. The summed E-state index contributed by atoms with van der Waals surface area (Å²) in [4.78, 5) is 23.5. The van der Waals surface area contributed by atoms with Gasteiger partial charge in [-0.2, -0.15) is 0 Å². The minimum Gasteiger partial charge on any atom is -0.508 e. The number of phenolic OH excluding ortho intramolecular Hbond substituents is 1. The van der Waals surface area contributed by atoms with E-state index in [1.54, 1.807) is 24.3 Å². The van der Waals surface area contributed by atoms with Crippen molar-refractivity contribution in [3.63, 3.8) is 0 Å². The fraction of sp³-hybridized carbons (Fsp3) is 0.680. The molecule has 1 aromatic rings. The Morgan fingerprint density at radius 3 is 1.80 bits per heavy atom. The van der Waals surface area contributed by atoms with Crippen LogP contribution >= 0.6 is 0 Å². The van der Waals surface area contributed by atoms with Gasteiger partial charge >= 0.3 is 0 Å². The van der Waals surface area contributed by atoms with Crippen LogP contribution in [0.25, 0.3) is 0 Å². The zero-order valence-corrected chi connectivity index (χ0v) is 18.9. The van der Waals surface area contributed by atoms with E-state index in [4.69, 9.17) is 0 Å². The minimum atomic E-state index is 0.0359. The van der Waals surface area contributed by atoms with Crippen LogP contribution in [0, 0.1) is 0 Å². The Bertz CT molecular complexity index is 572. The Hall–Kier alpha value is -2.04. The zero-order chi connectivity index (χ0) is 21.9. The first-order valence-corrected chi connectivity index (χ1v) is 12.0. The van der Waals surface area contributed by atoms with Crippen LogP contribution in [0.5, 0.6) is 5.75 Å². The third-order valence-electron chi connectivity index (χ3n) is 5.31. The number of hydrogen-bond donors (Lipinski definition) is 3. The van der Waals surface area contributed by atoms with E-state index in [9.17, 15) is 14.7 Å². The number of rotatable bonds is 18. The highest BCUT2D eigenvalue weighted by molar-refractivity contribution is 5.90. The maximum atomic E-state index is 11.9. The van der Waals surface area contributed by atoms with Crippen LogP contribution in [0.1, 0.15) is 103 Å². The van der Waals surface area contributed by atoms with E-state index >= 15 is 0 Å². The zero-order valence-electron chi connectivity index (χ0n) is 18.9. The summed E-state index contributed by atoms with van der Waals surface area (Å²) in [7, 11) is 0. The van der Waals surface area contributed by atoms with Crippen molar-refractivity contribution in [3.8, 4) is 5.75 Å². The van der Waals surface area contributed by atoms with Crippen molar-refractivity contribution >= 4 is 17.5 Å². The van der Waals surface area contributed by atoms with E-state index in [2.05, 4.69) is 17.6 Å². The van der Waals surface area contributed by atoms with E-state index < -0.39 is 0 Å². The van der Waals surface area contributed by atoms with Gasteiger partial charge in [-0.15, -0.1) is 0 Å². The van der Waals surface area contributed by atoms with Crippen LogP contribution in [0.15, 0.2) is 24.3 Å². The molecule has 0 bridgehead atoms. The number of hydrogen-bond acceptors (Lipinski definition) is 3. The topological polar surface area (TPSA) is 78.4 Å². The summed E-state index contributed by atoms with van der Waals surface area (Å²) in [5.41, 5.74) is 0.726. The molecule has 0 heterocycles. The number of unbranched alkanes of at least 4 members (excludes halogenated alkanes) is 11. The molecular weight excluding hydrogens is 376 g/mol. The number of benzene rings is 1. The molecule has 0 spiro atoms. The van der Waals surface area contributed by atoms with E-state index in [1.807, 2.05) is 0 Å². The molecule has 1 aromatic carbocycles. The number of phenols is 1. The molecule has 5 heteroatoms. The summed E-state index contributed by atoms with van der Waals surface area (Å²) in [6.45, 7) is 3.00. The van der Waals surface area contributed by atoms with E-state index in [0.29, 0.717) is 12.8 Å². The molecule has 0 saturated carbocycles. The molecule has 2 amide bonds. The maximum absolute atomic E-state index is 11.9. The first kappa shape index (κ1) is 26.0. The van der Waals surface area contributed by atoms with Gasteiger partial charge in [-0.3, -0.25) is 9.59 Å². The van der Waals surface area contributed by atoms with Gasteiger partial charge < -0.3 is 15.7 Å². The van der Waals surface area contributed by atoms with Gasteiger partial charge in [0.05, 0.1) is 0 Å². The van der Waals surface area contributed by atoms with Crippen molar-refractivity contribution in [2.24, 2.45) is 0 Å². The predicted molar refractivity (Wildman–Crippen MR) is 125 cm³/mol. The van der Waals surface area contributed by atoms with Crippen LogP contribution in [0.3, 0.4) is 0 Å². The first-order valence-electron chi connectivity index (χ1n) is 12.0. The quantitative estimate of drug-likeness (QED) is 0.193. The summed E-state index contributed by atoms with van der Waals surface area (Å²) in [6.07, 6.45) is 16.3. The lowest BCUT2D eigenvalue weighted by molar-refractivity contribution is -0.121. The first-order chi connectivity index (χ1) is 14.6. The fourth-order valence-corrected chi connectivity index (χ4v) is 3.44. The lowest BCUT2D eigenvalue weighted by Crippen LogP contribution is -2.23. The molecule has 170 valence electrons. The van der Waals surface area contributed by atoms with Gasteiger partial charge in [-0.25, -0.2) is 0 Å². The second kappa shape index (κ2) is 17.8. The van der Waals surface area contributed by atoms with E-state index in [1.165, 1.54) is 51.4 Å². The van der Waals surface area contributed by atoms with E-state index in [-0.39, 0.29) is 17.6 Å². The lowest BCUT2D eigenvalue weighted by atomic mass is 10.1. The number of nitrogens with one attached hydrogen (secondary N) is 2. The molecular formula is C25H42N2O3. The number of carbonyl (C=O) groups is 2. The van der Waals surface area contributed by atoms with Gasteiger partial charge in [0.15, 0.2) is 0 Å². The molecule has 30 heavy (non-hydrogen) atoms. The summed E-state index contributed by atoms with van der Waals surface area (Å²) in [6, 6.07) is 6.55. The number of carbonyl (C=O) groups excluding carboxylic acids is 2.